The van der Waals surface area contributed by atoms with Crippen LogP contribution in [0.5, 0.6) is 5.75 Å². The molecule has 1 atom stereocenters. The van der Waals surface area contributed by atoms with Gasteiger partial charge in [0.2, 0.25) is 0 Å². The van der Waals surface area contributed by atoms with E-state index in [9.17, 15) is 0 Å². The number of nitrogens with one attached hydrogen (secondary N) is 1. The van der Waals surface area contributed by atoms with Gasteiger partial charge in [-0.3, -0.25) is 0 Å². The number of nitrogens with zero attached hydrogens (tertiary/aromatic N) is 1. The summed E-state index contributed by atoms with van der Waals surface area (Å²) in [7, 11) is 1.78. The number of ether oxygens (including phenoxy) is 1. The van der Waals surface area contributed by atoms with Gasteiger partial charge in [-0.15, -0.1) is 0 Å². The molecule has 0 aliphatic carbocycles. The summed E-state index contributed by atoms with van der Waals surface area (Å²) in [6, 6.07) is 10.2. The maximum absolute atomic E-state index is 8.77. The lowest BCUT2D eigenvalue weighted by molar-refractivity contribution is 0.300. The van der Waals surface area contributed by atoms with Crippen LogP contribution in [-0.4, -0.2) is 19.7 Å². The van der Waals surface area contributed by atoms with Gasteiger partial charge in [0.05, 0.1) is 18.7 Å². The molecule has 3 nitrogen and oxygen atoms in total. The molecule has 0 bridgehead atoms. The van der Waals surface area contributed by atoms with Gasteiger partial charge in [0.25, 0.3) is 0 Å². The second kappa shape index (κ2) is 6.93. The fraction of sp³-hybridized carbons (Fsp3) is 0.500. The Balaban J connectivity index is 2.47. The molecule has 0 saturated heterocycles. The third-order valence-corrected chi connectivity index (χ3v) is 2.70. The van der Waals surface area contributed by atoms with Gasteiger partial charge in [-0.1, -0.05) is 26.0 Å². The minimum atomic E-state index is -0.136. The highest BCUT2D eigenvalue weighted by atomic mass is 16.5. The monoisotopic (exact) mass is 232 g/mol. The Morgan fingerprint density at radius 1 is 1.41 bits per heavy atom. The van der Waals surface area contributed by atoms with Gasteiger partial charge in [-0.05, 0) is 30.7 Å². The van der Waals surface area contributed by atoms with E-state index in [1.807, 2.05) is 12.1 Å². The summed E-state index contributed by atoms with van der Waals surface area (Å²) in [5.41, 5.74) is 1.27. The number of hydrogen-bond acceptors (Lipinski definition) is 3. The summed E-state index contributed by atoms with van der Waals surface area (Å²) >= 11 is 0. The topological polar surface area (TPSA) is 45.0 Å². The molecule has 1 unspecified atom stereocenters. The molecule has 1 N–H and O–H groups in total. The second-order valence-corrected chi connectivity index (χ2v) is 4.33. The summed E-state index contributed by atoms with van der Waals surface area (Å²) in [5, 5.41) is 11.7. The van der Waals surface area contributed by atoms with Crippen molar-refractivity contribution >= 4 is 0 Å². The quantitative estimate of drug-likeness (QED) is 0.820. The van der Waals surface area contributed by atoms with Gasteiger partial charge >= 0.3 is 0 Å². The first-order chi connectivity index (χ1) is 8.17. The van der Waals surface area contributed by atoms with Crippen molar-refractivity contribution < 1.29 is 4.74 Å². The van der Waals surface area contributed by atoms with Gasteiger partial charge in [0.1, 0.15) is 5.75 Å². The summed E-state index contributed by atoms with van der Waals surface area (Å²) < 4.78 is 5.64. The van der Waals surface area contributed by atoms with E-state index in [-0.39, 0.29) is 6.04 Å². The average molecular weight is 232 g/mol. The molecule has 3 heteroatoms. The van der Waals surface area contributed by atoms with Gasteiger partial charge in [0.15, 0.2) is 0 Å². The standard InChI is InChI=1S/C14H20N2O/c1-11(2)12-5-4-6-14(9-12)17-8-7-13(10-15)16-3/h4-6,9,11,13,16H,7-8H2,1-3H3. The summed E-state index contributed by atoms with van der Waals surface area (Å²) in [4.78, 5) is 0. The number of rotatable bonds is 6. The Bertz CT molecular complexity index is 382. The van der Waals surface area contributed by atoms with Crippen molar-refractivity contribution in [3.63, 3.8) is 0 Å². The first-order valence-corrected chi connectivity index (χ1v) is 5.97. The lowest BCUT2D eigenvalue weighted by Gasteiger charge is -2.11. The Morgan fingerprint density at radius 2 is 2.18 bits per heavy atom. The van der Waals surface area contributed by atoms with Crippen molar-refractivity contribution in [3.8, 4) is 11.8 Å². The first kappa shape index (κ1) is 13.5. The normalized spacial score (nSPS) is 12.2. The van der Waals surface area contributed by atoms with Crippen LogP contribution in [0.25, 0.3) is 0 Å². The van der Waals surface area contributed by atoms with E-state index >= 15 is 0 Å². The van der Waals surface area contributed by atoms with Crippen LogP contribution in [-0.2, 0) is 0 Å². The van der Waals surface area contributed by atoms with Gasteiger partial charge < -0.3 is 10.1 Å². The lowest BCUT2D eigenvalue weighted by Crippen LogP contribution is -2.25. The Labute approximate surface area is 103 Å². The minimum absolute atomic E-state index is 0.136. The number of hydrogen-bond donors (Lipinski definition) is 1. The highest BCUT2D eigenvalue weighted by Gasteiger charge is 2.04. The van der Waals surface area contributed by atoms with Crippen molar-refractivity contribution in [2.45, 2.75) is 32.2 Å². The van der Waals surface area contributed by atoms with E-state index in [1.54, 1.807) is 7.05 Å². The van der Waals surface area contributed by atoms with Gasteiger partial charge in [0, 0.05) is 6.42 Å². The van der Waals surface area contributed by atoms with Crippen LogP contribution in [0.4, 0.5) is 0 Å². The molecule has 17 heavy (non-hydrogen) atoms. The molecule has 1 rings (SSSR count). The maximum atomic E-state index is 8.77. The molecule has 0 aromatic heterocycles. The zero-order valence-corrected chi connectivity index (χ0v) is 10.7. The average Bonchev–Trinajstić information content (AvgIpc) is 2.35. The fourth-order valence-corrected chi connectivity index (χ4v) is 1.53. The molecule has 0 aliphatic heterocycles. The van der Waals surface area contributed by atoms with Crippen molar-refractivity contribution in [2.24, 2.45) is 0 Å². The Hall–Kier alpha value is -1.53. The minimum Gasteiger partial charge on any atom is -0.493 e. The van der Waals surface area contributed by atoms with E-state index < -0.39 is 0 Å². The molecule has 0 aliphatic rings. The highest BCUT2D eigenvalue weighted by molar-refractivity contribution is 5.30. The van der Waals surface area contributed by atoms with E-state index in [0.717, 1.165) is 5.75 Å². The van der Waals surface area contributed by atoms with Crippen LogP contribution in [0.2, 0.25) is 0 Å². The lowest BCUT2D eigenvalue weighted by atomic mass is 10.0. The van der Waals surface area contributed by atoms with Crippen LogP contribution in [0.15, 0.2) is 24.3 Å². The molecule has 1 aromatic rings. The van der Waals surface area contributed by atoms with E-state index in [4.69, 9.17) is 10.00 Å². The molecular formula is C14H20N2O. The third-order valence-electron chi connectivity index (χ3n) is 2.70. The second-order valence-electron chi connectivity index (χ2n) is 4.33. The summed E-state index contributed by atoms with van der Waals surface area (Å²) in [6.45, 7) is 4.87. The largest absolute Gasteiger partial charge is 0.493 e. The predicted octanol–water partition coefficient (Wildman–Crippen LogP) is 2.69. The highest BCUT2D eigenvalue weighted by Crippen LogP contribution is 2.20. The van der Waals surface area contributed by atoms with Crippen LogP contribution in [0, 0.1) is 11.3 Å². The zero-order chi connectivity index (χ0) is 12.7. The summed E-state index contributed by atoms with van der Waals surface area (Å²) in [5.74, 6) is 1.38. The predicted molar refractivity (Wildman–Crippen MR) is 69.1 cm³/mol. The van der Waals surface area contributed by atoms with Crippen LogP contribution in [0.3, 0.4) is 0 Å². The molecule has 92 valence electrons. The van der Waals surface area contributed by atoms with Crippen LogP contribution in [0.1, 0.15) is 31.7 Å². The van der Waals surface area contributed by atoms with Crippen LogP contribution >= 0.6 is 0 Å². The molecule has 1 aromatic carbocycles. The maximum Gasteiger partial charge on any atom is 0.119 e. The smallest absolute Gasteiger partial charge is 0.119 e. The molecule has 0 fully saturated rings. The Kier molecular flexibility index (Phi) is 5.51. The first-order valence-electron chi connectivity index (χ1n) is 5.97. The van der Waals surface area contributed by atoms with Crippen molar-refractivity contribution in [1.82, 2.24) is 5.32 Å². The van der Waals surface area contributed by atoms with Crippen molar-refractivity contribution in [2.75, 3.05) is 13.7 Å². The number of nitriles is 1. The van der Waals surface area contributed by atoms with E-state index in [2.05, 4.69) is 37.4 Å². The molecule has 0 spiro atoms. The molecule has 0 radical (unpaired) electrons. The third kappa shape index (κ3) is 4.46. The zero-order valence-electron chi connectivity index (χ0n) is 10.7. The number of benzene rings is 1. The van der Waals surface area contributed by atoms with Crippen molar-refractivity contribution in [3.05, 3.63) is 29.8 Å². The fourth-order valence-electron chi connectivity index (χ4n) is 1.53. The molecule has 0 saturated carbocycles. The molecule has 0 heterocycles. The van der Waals surface area contributed by atoms with Crippen molar-refractivity contribution in [1.29, 1.82) is 5.26 Å². The van der Waals surface area contributed by atoms with Gasteiger partial charge in [-0.2, -0.15) is 5.26 Å². The van der Waals surface area contributed by atoms with Crippen LogP contribution < -0.4 is 10.1 Å². The van der Waals surface area contributed by atoms with E-state index in [1.165, 1.54) is 5.56 Å². The Morgan fingerprint density at radius 3 is 2.76 bits per heavy atom. The summed E-state index contributed by atoms with van der Waals surface area (Å²) in [6.07, 6.45) is 0.693. The van der Waals surface area contributed by atoms with E-state index in [0.29, 0.717) is 18.9 Å². The molecule has 0 amide bonds. The molecular weight excluding hydrogens is 212 g/mol. The SMILES string of the molecule is CNC(C#N)CCOc1cccc(C(C)C)c1. The van der Waals surface area contributed by atoms with Gasteiger partial charge in [-0.25, -0.2) is 0 Å².